The number of nitrogens with zero attached hydrogens (tertiary/aromatic N) is 2. The monoisotopic (exact) mass is 432 g/mol. The van der Waals surface area contributed by atoms with Crippen LogP contribution in [-0.4, -0.2) is 51.0 Å². The van der Waals surface area contributed by atoms with Crippen LogP contribution < -0.4 is 10.6 Å². The number of aromatic nitrogens is 1. The van der Waals surface area contributed by atoms with Crippen molar-refractivity contribution in [3.05, 3.63) is 53.7 Å². The van der Waals surface area contributed by atoms with E-state index in [-0.39, 0.29) is 29.4 Å². The van der Waals surface area contributed by atoms with E-state index < -0.39 is 27.7 Å². The van der Waals surface area contributed by atoms with Crippen molar-refractivity contribution in [3.8, 4) is 0 Å². The van der Waals surface area contributed by atoms with Gasteiger partial charge in [0, 0.05) is 31.9 Å². The van der Waals surface area contributed by atoms with Crippen LogP contribution in [0.3, 0.4) is 0 Å². The maximum atomic E-state index is 12.5. The molecule has 0 radical (unpaired) electrons. The fourth-order valence-electron chi connectivity index (χ4n) is 2.18. The number of halogens is 3. The summed E-state index contributed by atoms with van der Waals surface area (Å²) in [6.45, 7) is 0.338. The lowest BCUT2D eigenvalue weighted by atomic mass is 10.2. The molecule has 0 aliphatic carbocycles. The summed E-state index contributed by atoms with van der Waals surface area (Å²) in [4.78, 5) is 20.4. The molecule has 0 fully saturated rings. The molecule has 0 aliphatic rings. The molecule has 0 unspecified atom stereocenters. The third kappa shape index (κ3) is 5.89. The first kappa shape index (κ1) is 22.6. The average Bonchev–Trinajstić information content (AvgIpc) is 2.70. The van der Waals surface area contributed by atoms with Gasteiger partial charge in [0.05, 0.1) is 17.6 Å². The second-order valence-electron chi connectivity index (χ2n) is 5.74. The molecule has 2 rings (SSSR count). The number of alkyl halides is 3. The number of anilines is 1. The molecule has 0 saturated carbocycles. The van der Waals surface area contributed by atoms with E-state index in [1.54, 1.807) is 0 Å². The summed E-state index contributed by atoms with van der Waals surface area (Å²) in [6.07, 6.45) is -3.75. The van der Waals surface area contributed by atoms with Crippen molar-refractivity contribution in [2.75, 3.05) is 32.6 Å². The minimum absolute atomic E-state index is 0.110. The maximum Gasteiger partial charge on any atom is 0.417 e. The molecule has 0 saturated heterocycles. The Kier molecular flexibility index (Phi) is 7.16. The molecule has 0 atom stereocenters. The van der Waals surface area contributed by atoms with Gasteiger partial charge in [0.25, 0.3) is 15.9 Å². The summed E-state index contributed by atoms with van der Waals surface area (Å²) in [5.41, 5.74) is -0.728. The van der Waals surface area contributed by atoms with E-state index >= 15 is 0 Å². The highest BCUT2D eigenvalue weighted by Crippen LogP contribution is 2.28. The van der Waals surface area contributed by atoms with Gasteiger partial charge in [-0.05, 0) is 30.3 Å². The number of hydrogen-bond donors (Lipinski definition) is 2. The van der Waals surface area contributed by atoms with Crippen molar-refractivity contribution in [1.29, 1.82) is 0 Å². The summed E-state index contributed by atoms with van der Waals surface area (Å²) in [6, 6.07) is 7.51. The van der Waals surface area contributed by atoms with Gasteiger partial charge in [-0.3, -0.25) is 9.63 Å². The van der Waals surface area contributed by atoms with Gasteiger partial charge in [0.15, 0.2) is 0 Å². The molecule has 1 amide bonds. The minimum Gasteiger partial charge on any atom is -0.368 e. The molecule has 29 heavy (non-hydrogen) atoms. The standard InChI is InChI=1S/C17H19F3N4O4S/c1-24(28-2)29(26,27)14-5-3-4-12(10-14)16(25)22-9-8-21-15-7-6-13(11-23-15)17(18,19)20/h3-7,10-11H,8-9H2,1-2H3,(H,21,23)(H,22,25). The fourth-order valence-corrected chi connectivity index (χ4v) is 3.20. The predicted molar refractivity (Wildman–Crippen MR) is 98.5 cm³/mol. The van der Waals surface area contributed by atoms with Crippen molar-refractivity contribution in [1.82, 2.24) is 14.8 Å². The van der Waals surface area contributed by atoms with Crippen LogP contribution in [0.1, 0.15) is 15.9 Å². The first-order chi connectivity index (χ1) is 13.6. The number of benzene rings is 1. The Morgan fingerprint density at radius 2 is 1.93 bits per heavy atom. The van der Waals surface area contributed by atoms with Gasteiger partial charge in [-0.1, -0.05) is 10.5 Å². The van der Waals surface area contributed by atoms with Gasteiger partial charge >= 0.3 is 6.18 Å². The van der Waals surface area contributed by atoms with E-state index in [1.165, 1.54) is 44.5 Å². The molecule has 2 N–H and O–H groups in total. The Hall–Kier alpha value is -2.70. The molecular formula is C17H19F3N4O4S. The van der Waals surface area contributed by atoms with Crippen molar-refractivity contribution < 1.29 is 31.2 Å². The normalized spacial score (nSPS) is 12.1. The third-order valence-corrected chi connectivity index (χ3v) is 5.47. The first-order valence-electron chi connectivity index (χ1n) is 8.24. The zero-order valence-corrected chi connectivity index (χ0v) is 16.3. The molecule has 2 aromatic rings. The van der Waals surface area contributed by atoms with Crippen molar-refractivity contribution in [2.24, 2.45) is 0 Å². The number of carbonyl (C=O) groups excluding carboxylic acids is 1. The fraction of sp³-hybridized carbons (Fsp3) is 0.294. The molecule has 0 aliphatic heterocycles. The van der Waals surface area contributed by atoms with Crippen LogP contribution >= 0.6 is 0 Å². The Morgan fingerprint density at radius 1 is 1.21 bits per heavy atom. The molecule has 1 aromatic carbocycles. The van der Waals surface area contributed by atoms with E-state index in [2.05, 4.69) is 20.5 Å². The van der Waals surface area contributed by atoms with Gasteiger partial charge in [0.2, 0.25) is 0 Å². The number of rotatable bonds is 8. The Labute approximate surface area is 165 Å². The van der Waals surface area contributed by atoms with E-state index in [4.69, 9.17) is 0 Å². The number of pyridine rings is 1. The largest absolute Gasteiger partial charge is 0.417 e. The van der Waals surface area contributed by atoms with Gasteiger partial charge in [-0.25, -0.2) is 13.4 Å². The Morgan fingerprint density at radius 3 is 2.52 bits per heavy atom. The zero-order valence-electron chi connectivity index (χ0n) is 15.5. The number of nitrogens with one attached hydrogen (secondary N) is 2. The van der Waals surface area contributed by atoms with E-state index in [9.17, 15) is 26.4 Å². The number of amides is 1. The molecule has 0 bridgehead atoms. The second kappa shape index (κ2) is 9.20. The van der Waals surface area contributed by atoms with E-state index in [0.717, 1.165) is 6.07 Å². The quantitative estimate of drug-likeness (QED) is 0.490. The maximum absolute atomic E-state index is 12.5. The summed E-state index contributed by atoms with van der Waals surface area (Å²) in [5.74, 6) is -0.285. The number of hydrogen-bond acceptors (Lipinski definition) is 6. The predicted octanol–water partition coefficient (Wildman–Crippen LogP) is 2.12. The second-order valence-corrected chi connectivity index (χ2v) is 7.67. The molecule has 158 valence electrons. The van der Waals surface area contributed by atoms with Crippen LogP contribution in [0.15, 0.2) is 47.5 Å². The number of sulfonamides is 1. The zero-order chi connectivity index (χ0) is 21.7. The summed E-state index contributed by atoms with van der Waals surface area (Å²) < 4.78 is 62.6. The molecule has 0 spiro atoms. The van der Waals surface area contributed by atoms with Gasteiger partial charge in [-0.15, -0.1) is 0 Å². The molecule has 12 heteroatoms. The Bertz CT molecular complexity index is 950. The minimum atomic E-state index is -4.46. The smallest absolute Gasteiger partial charge is 0.368 e. The molecule has 1 aromatic heterocycles. The third-order valence-electron chi connectivity index (χ3n) is 3.80. The first-order valence-corrected chi connectivity index (χ1v) is 9.68. The van der Waals surface area contributed by atoms with Crippen LogP contribution in [-0.2, 0) is 21.0 Å². The van der Waals surface area contributed by atoms with Crippen LogP contribution in [0, 0.1) is 0 Å². The van der Waals surface area contributed by atoms with Crippen LogP contribution in [0.4, 0.5) is 19.0 Å². The van der Waals surface area contributed by atoms with Gasteiger partial charge < -0.3 is 10.6 Å². The lowest BCUT2D eigenvalue weighted by Gasteiger charge is -2.14. The highest BCUT2D eigenvalue weighted by molar-refractivity contribution is 7.89. The summed E-state index contributed by atoms with van der Waals surface area (Å²) >= 11 is 0. The van der Waals surface area contributed by atoms with Crippen molar-refractivity contribution >= 4 is 21.7 Å². The van der Waals surface area contributed by atoms with Gasteiger partial charge in [0.1, 0.15) is 5.82 Å². The average molecular weight is 432 g/mol. The Balaban J connectivity index is 1.91. The van der Waals surface area contributed by atoms with Crippen LogP contribution in [0.25, 0.3) is 0 Å². The van der Waals surface area contributed by atoms with Crippen LogP contribution in [0.5, 0.6) is 0 Å². The molecule has 1 heterocycles. The van der Waals surface area contributed by atoms with Crippen LogP contribution in [0.2, 0.25) is 0 Å². The molecule has 8 nitrogen and oxygen atoms in total. The van der Waals surface area contributed by atoms with Gasteiger partial charge in [-0.2, -0.15) is 13.2 Å². The highest BCUT2D eigenvalue weighted by atomic mass is 32.2. The topological polar surface area (TPSA) is 101 Å². The lowest BCUT2D eigenvalue weighted by Crippen LogP contribution is -2.29. The van der Waals surface area contributed by atoms with E-state index in [1.807, 2.05) is 0 Å². The van der Waals surface area contributed by atoms with E-state index in [0.29, 0.717) is 10.7 Å². The number of carbonyl (C=O) groups is 1. The van der Waals surface area contributed by atoms with Crippen molar-refractivity contribution in [2.45, 2.75) is 11.1 Å². The van der Waals surface area contributed by atoms with Crippen molar-refractivity contribution in [3.63, 3.8) is 0 Å². The SMILES string of the molecule is CON(C)S(=O)(=O)c1cccc(C(=O)NCCNc2ccc(C(F)(F)F)cn2)c1. The summed E-state index contributed by atoms with van der Waals surface area (Å²) in [7, 11) is -1.46. The highest BCUT2D eigenvalue weighted by Gasteiger charge is 2.30. The number of hydroxylamine groups is 1. The molecular weight excluding hydrogens is 413 g/mol. The summed E-state index contributed by atoms with van der Waals surface area (Å²) in [5, 5.41) is 5.35. The lowest BCUT2D eigenvalue weighted by molar-refractivity contribution is -0.137.